The van der Waals surface area contributed by atoms with Crippen LogP contribution in [0.15, 0.2) is 18.3 Å². The van der Waals surface area contributed by atoms with E-state index in [1.54, 1.807) is 0 Å². The first kappa shape index (κ1) is 14.6. The lowest BCUT2D eigenvalue weighted by Gasteiger charge is -2.25. The summed E-state index contributed by atoms with van der Waals surface area (Å²) < 4.78 is 0. The average Bonchev–Trinajstić information content (AvgIpc) is 3.08. The molecule has 3 atom stereocenters. The van der Waals surface area contributed by atoms with Gasteiger partial charge in [-0.1, -0.05) is 12.5 Å². The van der Waals surface area contributed by atoms with Crippen LogP contribution in [0, 0.1) is 11.8 Å². The molecule has 3 unspecified atom stereocenters. The molecule has 0 spiro atoms. The molecule has 0 saturated heterocycles. The van der Waals surface area contributed by atoms with E-state index in [1.165, 1.54) is 31.2 Å². The van der Waals surface area contributed by atoms with E-state index in [-0.39, 0.29) is 0 Å². The van der Waals surface area contributed by atoms with E-state index in [0.29, 0.717) is 12.6 Å². The summed E-state index contributed by atoms with van der Waals surface area (Å²) in [6, 6.07) is 4.65. The van der Waals surface area contributed by atoms with Crippen LogP contribution in [0.25, 0.3) is 0 Å². The number of hydrogen-bond acceptors (Lipinski definition) is 3. The highest BCUT2D eigenvalue weighted by atomic mass is 32.1. The summed E-state index contributed by atoms with van der Waals surface area (Å²) in [6.07, 6.45) is 7.31. The zero-order chi connectivity index (χ0) is 14.8. The minimum absolute atomic E-state index is 0.589. The van der Waals surface area contributed by atoms with E-state index in [9.17, 15) is 0 Å². The molecule has 0 aliphatic heterocycles. The van der Waals surface area contributed by atoms with E-state index in [4.69, 9.17) is 12.2 Å². The lowest BCUT2D eigenvalue weighted by molar-refractivity contribution is 0.389. The number of nitrogens with zero attached hydrogens (tertiary/aromatic N) is 2. The van der Waals surface area contributed by atoms with Crippen molar-refractivity contribution in [1.82, 2.24) is 15.6 Å². The number of fused-ring (bicyclic) bond motifs is 2. The Kier molecular flexibility index (Phi) is 4.29. The second-order valence-corrected chi connectivity index (χ2v) is 6.90. The molecule has 3 rings (SSSR count). The molecule has 0 aromatic carbocycles. The summed E-state index contributed by atoms with van der Waals surface area (Å²) in [5.74, 6) is 2.77. The first-order valence-electron chi connectivity index (χ1n) is 7.79. The molecule has 5 heteroatoms. The van der Waals surface area contributed by atoms with Crippen LogP contribution in [0.1, 0.15) is 31.2 Å². The maximum absolute atomic E-state index is 5.46. The zero-order valence-electron chi connectivity index (χ0n) is 12.8. The Morgan fingerprint density at radius 2 is 2.24 bits per heavy atom. The first-order chi connectivity index (χ1) is 10.1. The Morgan fingerprint density at radius 3 is 2.90 bits per heavy atom. The average molecular weight is 304 g/mol. The van der Waals surface area contributed by atoms with Gasteiger partial charge in [0.05, 0.1) is 0 Å². The Balaban J connectivity index is 1.52. The van der Waals surface area contributed by atoms with Crippen molar-refractivity contribution >= 4 is 23.1 Å². The monoisotopic (exact) mass is 304 g/mol. The number of thiocarbonyl (C=S) groups is 1. The molecule has 1 aromatic rings. The van der Waals surface area contributed by atoms with Crippen molar-refractivity contribution in [3.8, 4) is 0 Å². The Bertz CT molecular complexity index is 517. The third-order valence-electron chi connectivity index (χ3n) is 4.79. The summed E-state index contributed by atoms with van der Waals surface area (Å²) in [4.78, 5) is 6.44. The van der Waals surface area contributed by atoms with Gasteiger partial charge in [0.15, 0.2) is 5.11 Å². The van der Waals surface area contributed by atoms with Gasteiger partial charge in [-0.3, -0.25) is 0 Å². The van der Waals surface area contributed by atoms with Gasteiger partial charge in [0.2, 0.25) is 0 Å². The fraction of sp³-hybridized carbons (Fsp3) is 0.625. The molecule has 2 N–H and O–H groups in total. The lowest BCUT2D eigenvalue weighted by atomic mass is 9.96. The van der Waals surface area contributed by atoms with Gasteiger partial charge >= 0.3 is 0 Å². The number of hydrogen-bond donors (Lipinski definition) is 2. The molecule has 2 fully saturated rings. The molecule has 114 valence electrons. The van der Waals surface area contributed by atoms with E-state index in [2.05, 4.69) is 21.7 Å². The molecule has 2 aliphatic carbocycles. The quantitative estimate of drug-likeness (QED) is 0.835. The number of pyridine rings is 1. The van der Waals surface area contributed by atoms with Crippen LogP contribution in [-0.2, 0) is 6.54 Å². The molecule has 0 radical (unpaired) electrons. The van der Waals surface area contributed by atoms with E-state index >= 15 is 0 Å². The van der Waals surface area contributed by atoms with Crippen molar-refractivity contribution in [3.63, 3.8) is 0 Å². The van der Waals surface area contributed by atoms with Gasteiger partial charge in [-0.15, -0.1) is 0 Å². The maximum atomic E-state index is 5.46. The summed E-state index contributed by atoms with van der Waals surface area (Å²) in [7, 11) is 4.02. The summed E-state index contributed by atoms with van der Waals surface area (Å²) in [5.41, 5.74) is 1.17. The Hall–Kier alpha value is -1.36. The standard InChI is InChI=1S/C16H24N4S/c1-20(2)15-13(4-3-7-17-15)10-18-16(21)19-14-9-11-5-6-12(14)8-11/h3-4,7,11-12,14H,5-6,8-10H2,1-2H3,(H2,18,19,21). The molecular formula is C16H24N4S. The van der Waals surface area contributed by atoms with Gasteiger partial charge in [0.25, 0.3) is 0 Å². The summed E-state index contributed by atoms with van der Waals surface area (Å²) in [5, 5.41) is 7.63. The molecule has 1 aromatic heterocycles. The largest absolute Gasteiger partial charge is 0.362 e. The Morgan fingerprint density at radius 1 is 1.38 bits per heavy atom. The SMILES string of the molecule is CN(C)c1ncccc1CNC(=S)NC1CC2CCC1C2. The predicted octanol–water partition coefficient (Wildman–Crippen LogP) is 2.30. The van der Waals surface area contributed by atoms with Gasteiger partial charge < -0.3 is 15.5 Å². The molecule has 0 amide bonds. The van der Waals surface area contributed by atoms with Crippen LogP contribution in [-0.4, -0.2) is 30.2 Å². The fourth-order valence-electron chi connectivity index (χ4n) is 3.79. The Labute approximate surface area is 132 Å². The summed E-state index contributed by atoms with van der Waals surface area (Å²) >= 11 is 5.46. The molecule has 2 bridgehead atoms. The number of anilines is 1. The van der Waals surface area contributed by atoms with E-state index in [1.807, 2.05) is 31.3 Å². The smallest absolute Gasteiger partial charge is 0.166 e. The van der Waals surface area contributed by atoms with Crippen molar-refractivity contribution in [1.29, 1.82) is 0 Å². The lowest BCUT2D eigenvalue weighted by Crippen LogP contribution is -2.44. The molecule has 21 heavy (non-hydrogen) atoms. The zero-order valence-corrected chi connectivity index (χ0v) is 13.6. The highest BCUT2D eigenvalue weighted by Gasteiger charge is 2.39. The molecular weight excluding hydrogens is 280 g/mol. The second-order valence-electron chi connectivity index (χ2n) is 6.49. The van der Waals surface area contributed by atoms with Crippen molar-refractivity contribution in [3.05, 3.63) is 23.9 Å². The van der Waals surface area contributed by atoms with Crippen molar-refractivity contribution in [2.24, 2.45) is 11.8 Å². The van der Waals surface area contributed by atoms with Gasteiger partial charge in [0, 0.05) is 38.4 Å². The van der Waals surface area contributed by atoms with Crippen molar-refractivity contribution in [2.75, 3.05) is 19.0 Å². The van der Waals surface area contributed by atoms with Crippen LogP contribution in [0.3, 0.4) is 0 Å². The second kappa shape index (κ2) is 6.18. The number of aromatic nitrogens is 1. The van der Waals surface area contributed by atoms with Crippen LogP contribution in [0.4, 0.5) is 5.82 Å². The van der Waals surface area contributed by atoms with Gasteiger partial charge in [-0.25, -0.2) is 4.98 Å². The number of nitrogens with one attached hydrogen (secondary N) is 2. The normalized spacial score (nSPS) is 26.7. The minimum atomic E-state index is 0.589. The maximum Gasteiger partial charge on any atom is 0.166 e. The van der Waals surface area contributed by atoms with Crippen LogP contribution in [0.5, 0.6) is 0 Å². The van der Waals surface area contributed by atoms with Gasteiger partial charge in [-0.05, 0) is 49.4 Å². The minimum Gasteiger partial charge on any atom is -0.362 e. The molecule has 2 saturated carbocycles. The highest BCUT2D eigenvalue weighted by Crippen LogP contribution is 2.44. The van der Waals surface area contributed by atoms with Crippen molar-refractivity contribution < 1.29 is 0 Å². The van der Waals surface area contributed by atoms with Gasteiger partial charge in [-0.2, -0.15) is 0 Å². The number of rotatable bonds is 4. The van der Waals surface area contributed by atoms with E-state index < -0.39 is 0 Å². The summed E-state index contributed by atoms with van der Waals surface area (Å²) in [6.45, 7) is 0.716. The molecule has 2 aliphatic rings. The van der Waals surface area contributed by atoms with Crippen LogP contribution in [0.2, 0.25) is 0 Å². The molecule has 1 heterocycles. The van der Waals surface area contributed by atoms with Crippen molar-refractivity contribution in [2.45, 2.75) is 38.3 Å². The first-order valence-corrected chi connectivity index (χ1v) is 8.20. The predicted molar refractivity (Wildman–Crippen MR) is 90.4 cm³/mol. The van der Waals surface area contributed by atoms with Crippen LogP contribution >= 0.6 is 12.2 Å². The van der Waals surface area contributed by atoms with E-state index in [0.717, 1.165) is 22.8 Å². The molecule has 4 nitrogen and oxygen atoms in total. The van der Waals surface area contributed by atoms with Crippen LogP contribution < -0.4 is 15.5 Å². The topological polar surface area (TPSA) is 40.2 Å². The third-order valence-corrected chi connectivity index (χ3v) is 5.05. The highest BCUT2D eigenvalue weighted by molar-refractivity contribution is 7.80. The van der Waals surface area contributed by atoms with Gasteiger partial charge in [0.1, 0.15) is 5.82 Å². The fourth-order valence-corrected chi connectivity index (χ4v) is 4.01. The third kappa shape index (κ3) is 3.28.